The molecule has 1 N–H and O–H groups in total. The minimum Gasteiger partial charge on any atom is -0.356 e. The molecule has 0 saturated heterocycles. The lowest BCUT2D eigenvalue weighted by molar-refractivity contribution is 0.0740. The average Bonchev–Trinajstić information content (AvgIpc) is 2.70. The van der Waals surface area contributed by atoms with E-state index >= 15 is 0 Å². The van der Waals surface area contributed by atoms with Gasteiger partial charge in [0.05, 0.1) is 0 Å². The van der Waals surface area contributed by atoms with E-state index in [-0.39, 0.29) is 16.5 Å². The Labute approximate surface area is 111 Å². The maximum absolute atomic E-state index is 12.0. The van der Waals surface area contributed by atoms with E-state index in [4.69, 9.17) is 10.7 Å². The normalized spacial score (nSPS) is 16.3. The van der Waals surface area contributed by atoms with Crippen LogP contribution in [0.3, 0.4) is 0 Å². The van der Waals surface area contributed by atoms with Gasteiger partial charge in [-0.2, -0.15) is 0 Å². The van der Waals surface area contributed by atoms with Crippen LogP contribution in [0.5, 0.6) is 0 Å². The predicted molar refractivity (Wildman–Crippen MR) is 68.1 cm³/mol. The van der Waals surface area contributed by atoms with Gasteiger partial charge in [0.2, 0.25) is 0 Å². The third-order valence-corrected chi connectivity index (χ3v) is 4.61. The Bertz CT molecular complexity index is 548. The Hall–Kier alpha value is -1.01. The first kappa shape index (κ1) is 13.4. The van der Waals surface area contributed by atoms with Crippen LogP contribution in [-0.4, -0.2) is 37.8 Å². The van der Waals surface area contributed by atoms with Crippen molar-refractivity contribution in [1.29, 1.82) is 0 Å². The molecule has 0 aliphatic heterocycles. The highest BCUT2D eigenvalue weighted by Crippen LogP contribution is 2.27. The minimum atomic E-state index is -3.79. The maximum atomic E-state index is 12.0. The molecule has 7 heteroatoms. The summed E-state index contributed by atoms with van der Waals surface area (Å²) in [4.78, 5) is 16.2. The highest BCUT2D eigenvalue weighted by atomic mass is 35.7. The van der Waals surface area contributed by atoms with Crippen LogP contribution in [0, 0.1) is 5.92 Å². The number of aromatic amines is 1. The van der Waals surface area contributed by atoms with Crippen molar-refractivity contribution in [2.45, 2.75) is 24.2 Å². The van der Waals surface area contributed by atoms with Gasteiger partial charge in [0.15, 0.2) is 0 Å². The smallest absolute Gasteiger partial charge is 0.270 e. The van der Waals surface area contributed by atoms with Gasteiger partial charge < -0.3 is 9.88 Å². The van der Waals surface area contributed by atoms with Crippen LogP contribution in [-0.2, 0) is 9.05 Å². The fourth-order valence-electron chi connectivity index (χ4n) is 1.99. The molecule has 1 saturated carbocycles. The summed E-state index contributed by atoms with van der Waals surface area (Å²) in [6.45, 7) is 0.709. The van der Waals surface area contributed by atoms with Gasteiger partial charge in [-0.15, -0.1) is 0 Å². The van der Waals surface area contributed by atoms with E-state index in [0.717, 1.165) is 12.8 Å². The Balaban J connectivity index is 2.06. The van der Waals surface area contributed by atoms with Crippen molar-refractivity contribution in [3.63, 3.8) is 0 Å². The van der Waals surface area contributed by atoms with Crippen LogP contribution in [0.2, 0.25) is 0 Å². The first-order valence-corrected chi connectivity index (χ1v) is 8.07. The zero-order valence-corrected chi connectivity index (χ0v) is 11.6. The van der Waals surface area contributed by atoms with E-state index in [1.807, 2.05) is 0 Å². The summed E-state index contributed by atoms with van der Waals surface area (Å²) in [6, 6.07) is 1.27. The molecule has 100 valence electrons. The monoisotopic (exact) mass is 290 g/mol. The van der Waals surface area contributed by atoms with E-state index in [2.05, 4.69) is 4.98 Å². The number of amides is 1. The third kappa shape index (κ3) is 2.87. The predicted octanol–water partition coefficient (Wildman–Crippen LogP) is 1.81. The zero-order chi connectivity index (χ0) is 13.3. The van der Waals surface area contributed by atoms with Crippen molar-refractivity contribution in [3.05, 3.63) is 18.0 Å². The van der Waals surface area contributed by atoms with Gasteiger partial charge in [-0.1, -0.05) is 6.42 Å². The number of aromatic nitrogens is 1. The molecule has 1 heterocycles. The van der Waals surface area contributed by atoms with Gasteiger partial charge in [0.25, 0.3) is 15.0 Å². The van der Waals surface area contributed by atoms with Crippen LogP contribution >= 0.6 is 10.7 Å². The summed E-state index contributed by atoms with van der Waals surface area (Å²) in [6.07, 6.45) is 4.77. The van der Waals surface area contributed by atoms with Crippen molar-refractivity contribution >= 4 is 25.6 Å². The number of hydrogen-bond donors (Lipinski definition) is 1. The van der Waals surface area contributed by atoms with Gasteiger partial charge in [-0.05, 0) is 24.8 Å². The van der Waals surface area contributed by atoms with Crippen molar-refractivity contribution < 1.29 is 13.2 Å². The Morgan fingerprint density at radius 1 is 1.56 bits per heavy atom. The standard InChI is InChI=1S/C11H15ClN2O3S/c1-14(7-8-3-2-4-8)11(15)10-5-9(6-13-10)18(12,16)17/h5-6,8,13H,2-4,7H2,1H3. The molecule has 1 fully saturated rings. The van der Waals surface area contributed by atoms with Crippen LogP contribution < -0.4 is 0 Å². The molecule has 0 unspecified atom stereocenters. The molecule has 5 nitrogen and oxygen atoms in total. The fourth-order valence-corrected chi connectivity index (χ4v) is 2.72. The summed E-state index contributed by atoms with van der Waals surface area (Å²) in [5, 5.41) is 0. The molecule has 1 aliphatic carbocycles. The third-order valence-electron chi connectivity index (χ3n) is 3.27. The molecule has 0 atom stereocenters. The van der Waals surface area contributed by atoms with Crippen LogP contribution in [0.15, 0.2) is 17.2 Å². The van der Waals surface area contributed by atoms with E-state index < -0.39 is 9.05 Å². The van der Waals surface area contributed by atoms with E-state index in [1.54, 1.807) is 11.9 Å². The fraction of sp³-hybridized carbons (Fsp3) is 0.545. The van der Waals surface area contributed by atoms with Gasteiger partial charge >= 0.3 is 0 Å². The number of nitrogens with zero attached hydrogens (tertiary/aromatic N) is 1. The summed E-state index contributed by atoms with van der Waals surface area (Å²) in [7, 11) is 3.13. The van der Waals surface area contributed by atoms with Gasteiger partial charge in [-0.25, -0.2) is 8.42 Å². The van der Waals surface area contributed by atoms with E-state index in [9.17, 15) is 13.2 Å². The number of halogens is 1. The van der Waals surface area contributed by atoms with Gasteiger partial charge in [-0.3, -0.25) is 4.79 Å². The summed E-state index contributed by atoms with van der Waals surface area (Å²) < 4.78 is 22.2. The molecule has 0 aromatic carbocycles. The number of hydrogen-bond acceptors (Lipinski definition) is 3. The number of nitrogens with one attached hydrogen (secondary N) is 1. The molecule has 1 aromatic heterocycles. The van der Waals surface area contributed by atoms with Gasteiger partial charge in [0, 0.05) is 30.5 Å². The molecule has 0 spiro atoms. The molecular formula is C11H15ClN2O3S. The lowest BCUT2D eigenvalue weighted by Crippen LogP contribution is -2.34. The van der Waals surface area contributed by atoms with Crippen LogP contribution in [0.4, 0.5) is 0 Å². The molecule has 1 amide bonds. The first-order chi connectivity index (χ1) is 8.38. The van der Waals surface area contributed by atoms with Crippen molar-refractivity contribution in [1.82, 2.24) is 9.88 Å². The first-order valence-electron chi connectivity index (χ1n) is 5.76. The largest absolute Gasteiger partial charge is 0.356 e. The number of carbonyl (C=O) groups is 1. The second-order valence-electron chi connectivity index (χ2n) is 4.67. The van der Waals surface area contributed by atoms with E-state index in [0.29, 0.717) is 12.5 Å². The maximum Gasteiger partial charge on any atom is 0.270 e. The van der Waals surface area contributed by atoms with E-state index in [1.165, 1.54) is 18.7 Å². The van der Waals surface area contributed by atoms with Crippen LogP contribution in [0.1, 0.15) is 29.8 Å². The molecule has 2 rings (SSSR count). The summed E-state index contributed by atoms with van der Waals surface area (Å²) in [5.41, 5.74) is 0.246. The highest BCUT2D eigenvalue weighted by Gasteiger charge is 2.23. The Morgan fingerprint density at radius 3 is 2.67 bits per heavy atom. The average molecular weight is 291 g/mol. The van der Waals surface area contributed by atoms with Gasteiger partial charge in [0.1, 0.15) is 10.6 Å². The molecule has 0 radical (unpaired) electrons. The lowest BCUT2D eigenvalue weighted by Gasteiger charge is -2.29. The second kappa shape index (κ2) is 4.93. The molecule has 1 aromatic rings. The SMILES string of the molecule is CN(CC1CCC1)C(=O)c1cc(S(=O)(=O)Cl)c[nH]1. The summed E-state index contributed by atoms with van der Waals surface area (Å²) in [5.74, 6) is 0.360. The molecule has 18 heavy (non-hydrogen) atoms. The Morgan fingerprint density at radius 2 is 2.22 bits per heavy atom. The molecule has 1 aliphatic rings. The highest BCUT2D eigenvalue weighted by molar-refractivity contribution is 8.13. The van der Waals surface area contributed by atoms with Crippen molar-refractivity contribution in [2.75, 3.05) is 13.6 Å². The van der Waals surface area contributed by atoms with Crippen molar-refractivity contribution in [2.24, 2.45) is 5.92 Å². The second-order valence-corrected chi connectivity index (χ2v) is 7.24. The number of rotatable bonds is 4. The zero-order valence-electron chi connectivity index (χ0n) is 10.0. The van der Waals surface area contributed by atoms with Crippen molar-refractivity contribution in [3.8, 4) is 0 Å². The number of carbonyl (C=O) groups excluding carboxylic acids is 1. The quantitative estimate of drug-likeness (QED) is 0.860. The minimum absolute atomic E-state index is 0.0791. The number of H-pyrrole nitrogens is 1. The van der Waals surface area contributed by atoms with Crippen LogP contribution in [0.25, 0.3) is 0 Å². The lowest BCUT2D eigenvalue weighted by atomic mass is 9.85. The summed E-state index contributed by atoms with van der Waals surface area (Å²) >= 11 is 0. The molecular weight excluding hydrogens is 276 g/mol. The molecule has 0 bridgehead atoms. The Kier molecular flexibility index (Phi) is 3.68. The topological polar surface area (TPSA) is 70.2 Å².